The molecule has 0 unspecified atom stereocenters. The average molecular weight is 250 g/mol. The van der Waals surface area contributed by atoms with Gasteiger partial charge in [0, 0.05) is 6.61 Å². The molecule has 1 heterocycles. The third-order valence-corrected chi connectivity index (χ3v) is 1.82. The standard InChI is InChI=1S/C8H8F6O2/c1-2-15-5-3-4(16-5)6(7(9,10)11)8(12,13)14/h5H,2-3H2,1H3/t5-/m1/s1. The number of rotatable bonds is 2. The molecular formula is C8H8F6O2. The molecule has 1 aliphatic rings. The first-order valence-electron chi connectivity index (χ1n) is 4.32. The molecule has 0 N–H and O–H groups in total. The maximum Gasteiger partial charge on any atom is 0.424 e. The molecule has 0 amide bonds. The van der Waals surface area contributed by atoms with Gasteiger partial charge in [0.1, 0.15) is 5.76 Å². The Bertz CT molecular complexity index is 266. The SMILES string of the molecule is CCO[C@H]1CC(=C(C(F)(F)F)C(F)(F)F)O1. The van der Waals surface area contributed by atoms with Gasteiger partial charge in [0.15, 0.2) is 5.57 Å². The van der Waals surface area contributed by atoms with E-state index in [0.29, 0.717) is 0 Å². The van der Waals surface area contributed by atoms with Crippen molar-refractivity contribution in [3.63, 3.8) is 0 Å². The van der Waals surface area contributed by atoms with Crippen LogP contribution in [0.3, 0.4) is 0 Å². The van der Waals surface area contributed by atoms with Gasteiger partial charge in [0.05, 0.1) is 6.42 Å². The number of halogens is 6. The summed E-state index contributed by atoms with van der Waals surface area (Å²) in [5, 5.41) is 0. The summed E-state index contributed by atoms with van der Waals surface area (Å²) >= 11 is 0. The van der Waals surface area contributed by atoms with E-state index in [1.807, 2.05) is 0 Å². The summed E-state index contributed by atoms with van der Waals surface area (Å²) < 4.78 is 81.6. The molecule has 1 atom stereocenters. The van der Waals surface area contributed by atoms with Gasteiger partial charge in [-0.2, -0.15) is 26.3 Å². The Morgan fingerprint density at radius 1 is 1.25 bits per heavy atom. The molecule has 0 radical (unpaired) electrons. The summed E-state index contributed by atoms with van der Waals surface area (Å²) in [7, 11) is 0. The first-order chi connectivity index (χ1) is 7.16. The molecule has 0 aromatic heterocycles. The Hall–Kier alpha value is -0.920. The molecule has 94 valence electrons. The van der Waals surface area contributed by atoms with E-state index in [1.165, 1.54) is 0 Å². The topological polar surface area (TPSA) is 18.5 Å². The summed E-state index contributed by atoms with van der Waals surface area (Å²) in [5.41, 5.74) is -2.59. The van der Waals surface area contributed by atoms with Gasteiger partial charge < -0.3 is 9.47 Å². The highest BCUT2D eigenvalue weighted by Crippen LogP contribution is 2.45. The molecule has 1 rings (SSSR count). The van der Waals surface area contributed by atoms with Gasteiger partial charge >= 0.3 is 12.4 Å². The quantitative estimate of drug-likeness (QED) is 0.701. The summed E-state index contributed by atoms with van der Waals surface area (Å²) in [5.74, 6) is -1.11. The zero-order valence-corrected chi connectivity index (χ0v) is 8.08. The Morgan fingerprint density at radius 3 is 2.00 bits per heavy atom. The summed E-state index contributed by atoms with van der Waals surface area (Å²) in [4.78, 5) is 0. The highest BCUT2D eigenvalue weighted by atomic mass is 19.4. The van der Waals surface area contributed by atoms with Crippen LogP contribution in [0.4, 0.5) is 26.3 Å². The Morgan fingerprint density at radius 2 is 1.69 bits per heavy atom. The van der Waals surface area contributed by atoms with Crippen molar-refractivity contribution < 1.29 is 35.8 Å². The van der Waals surface area contributed by atoms with Crippen molar-refractivity contribution >= 4 is 0 Å². The van der Waals surface area contributed by atoms with Gasteiger partial charge in [-0.25, -0.2) is 0 Å². The maximum atomic E-state index is 12.1. The molecule has 8 heteroatoms. The van der Waals surface area contributed by atoms with E-state index in [4.69, 9.17) is 4.74 Å². The number of hydrogen-bond donors (Lipinski definition) is 0. The predicted molar refractivity (Wildman–Crippen MR) is 40.3 cm³/mol. The van der Waals surface area contributed by atoms with Crippen molar-refractivity contribution in [2.24, 2.45) is 0 Å². The van der Waals surface area contributed by atoms with Gasteiger partial charge in [-0.3, -0.25) is 0 Å². The van der Waals surface area contributed by atoms with Gasteiger partial charge in [-0.15, -0.1) is 0 Å². The van der Waals surface area contributed by atoms with E-state index in [-0.39, 0.29) is 6.61 Å². The van der Waals surface area contributed by atoms with Crippen molar-refractivity contribution in [3.8, 4) is 0 Å². The molecule has 1 saturated heterocycles. The molecule has 0 bridgehead atoms. The van der Waals surface area contributed by atoms with E-state index < -0.39 is 36.4 Å². The molecule has 1 aliphatic heterocycles. The van der Waals surface area contributed by atoms with Crippen molar-refractivity contribution in [1.82, 2.24) is 0 Å². The monoisotopic (exact) mass is 250 g/mol. The average Bonchev–Trinajstić information content (AvgIpc) is 1.95. The largest absolute Gasteiger partial charge is 0.468 e. The molecule has 2 nitrogen and oxygen atoms in total. The fourth-order valence-corrected chi connectivity index (χ4v) is 1.22. The number of ether oxygens (including phenoxy) is 2. The van der Waals surface area contributed by atoms with Gasteiger partial charge in [-0.1, -0.05) is 0 Å². The highest BCUT2D eigenvalue weighted by molar-refractivity contribution is 5.23. The van der Waals surface area contributed by atoms with Gasteiger partial charge in [0.25, 0.3) is 0 Å². The smallest absolute Gasteiger partial charge is 0.424 e. The molecule has 0 aromatic carbocycles. The first kappa shape index (κ1) is 13.1. The fourth-order valence-electron chi connectivity index (χ4n) is 1.22. The van der Waals surface area contributed by atoms with Crippen molar-refractivity contribution in [1.29, 1.82) is 0 Å². The molecule has 0 aromatic rings. The van der Waals surface area contributed by atoms with E-state index in [2.05, 4.69) is 4.74 Å². The zero-order valence-electron chi connectivity index (χ0n) is 8.08. The normalized spacial score (nSPS) is 21.4. The van der Waals surface area contributed by atoms with E-state index >= 15 is 0 Å². The number of alkyl halides is 6. The Balaban J connectivity index is 2.85. The van der Waals surface area contributed by atoms with Crippen LogP contribution in [0.5, 0.6) is 0 Å². The fraction of sp³-hybridized carbons (Fsp3) is 0.750. The molecule has 0 spiro atoms. The van der Waals surface area contributed by atoms with E-state index in [0.717, 1.165) is 0 Å². The summed E-state index contributed by atoms with van der Waals surface area (Å²) in [6, 6.07) is 0. The van der Waals surface area contributed by atoms with Crippen molar-refractivity contribution in [2.75, 3.05) is 6.61 Å². The second-order valence-electron chi connectivity index (χ2n) is 3.00. The highest BCUT2D eigenvalue weighted by Gasteiger charge is 2.55. The van der Waals surface area contributed by atoms with Crippen LogP contribution in [-0.4, -0.2) is 25.2 Å². The maximum absolute atomic E-state index is 12.1. The van der Waals surface area contributed by atoms with Gasteiger partial charge in [-0.05, 0) is 6.92 Å². The van der Waals surface area contributed by atoms with Crippen LogP contribution in [0.2, 0.25) is 0 Å². The van der Waals surface area contributed by atoms with Crippen LogP contribution >= 0.6 is 0 Å². The summed E-state index contributed by atoms with van der Waals surface area (Å²) in [6.07, 6.45) is -12.5. The molecule has 0 saturated carbocycles. The third-order valence-electron chi connectivity index (χ3n) is 1.82. The molecule has 16 heavy (non-hydrogen) atoms. The van der Waals surface area contributed by atoms with Crippen LogP contribution in [-0.2, 0) is 9.47 Å². The van der Waals surface area contributed by atoms with Crippen molar-refractivity contribution in [3.05, 3.63) is 11.3 Å². The van der Waals surface area contributed by atoms with Crippen LogP contribution in [0.15, 0.2) is 11.3 Å². The minimum atomic E-state index is -5.47. The molecular weight excluding hydrogens is 242 g/mol. The second-order valence-corrected chi connectivity index (χ2v) is 3.00. The summed E-state index contributed by atoms with van der Waals surface area (Å²) in [6.45, 7) is 1.71. The van der Waals surface area contributed by atoms with Crippen LogP contribution in [0.25, 0.3) is 0 Å². The minimum Gasteiger partial charge on any atom is -0.468 e. The second kappa shape index (κ2) is 4.15. The number of hydrogen-bond acceptors (Lipinski definition) is 2. The molecule has 0 aliphatic carbocycles. The van der Waals surface area contributed by atoms with Crippen LogP contribution in [0.1, 0.15) is 13.3 Å². The lowest BCUT2D eigenvalue weighted by Gasteiger charge is -2.33. The lowest BCUT2D eigenvalue weighted by Crippen LogP contribution is -2.36. The Kier molecular flexibility index (Phi) is 3.41. The Labute approximate surface area is 86.8 Å². The third kappa shape index (κ3) is 2.81. The van der Waals surface area contributed by atoms with Gasteiger partial charge in [0.2, 0.25) is 6.29 Å². The molecule has 1 fully saturated rings. The minimum absolute atomic E-state index is 0.158. The lowest BCUT2D eigenvalue weighted by atomic mass is 10.1. The van der Waals surface area contributed by atoms with Crippen LogP contribution < -0.4 is 0 Å². The van der Waals surface area contributed by atoms with Crippen LogP contribution in [0, 0.1) is 0 Å². The number of allylic oxidation sites excluding steroid dienone is 1. The zero-order chi connectivity index (χ0) is 12.6. The van der Waals surface area contributed by atoms with E-state index in [9.17, 15) is 26.3 Å². The first-order valence-corrected chi connectivity index (χ1v) is 4.32. The predicted octanol–water partition coefficient (Wildman–Crippen LogP) is 3.15. The lowest BCUT2D eigenvalue weighted by molar-refractivity contribution is -0.206. The van der Waals surface area contributed by atoms with Crippen molar-refractivity contribution in [2.45, 2.75) is 32.0 Å². The van der Waals surface area contributed by atoms with E-state index in [1.54, 1.807) is 6.92 Å².